The van der Waals surface area contributed by atoms with Gasteiger partial charge in [-0.05, 0) is 42.3 Å². The van der Waals surface area contributed by atoms with Gasteiger partial charge in [-0.1, -0.05) is 13.0 Å². The van der Waals surface area contributed by atoms with E-state index < -0.39 is 9.84 Å². The number of hydrogen-bond acceptors (Lipinski definition) is 4. The van der Waals surface area contributed by atoms with E-state index in [2.05, 4.69) is 16.4 Å². The zero-order chi connectivity index (χ0) is 14.6. The summed E-state index contributed by atoms with van der Waals surface area (Å²) in [5, 5.41) is 3.25. The number of aromatic nitrogens is 1. The Morgan fingerprint density at radius 3 is 2.45 bits per heavy atom. The first-order valence-electron chi connectivity index (χ1n) is 6.48. The van der Waals surface area contributed by atoms with Gasteiger partial charge in [-0.15, -0.1) is 0 Å². The van der Waals surface area contributed by atoms with Gasteiger partial charge in [0.2, 0.25) is 0 Å². The van der Waals surface area contributed by atoms with Gasteiger partial charge in [0, 0.05) is 24.6 Å². The second-order valence-corrected chi connectivity index (χ2v) is 6.93. The number of sulfone groups is 1. The van der Waals surface area contributed by atoms with E-state index in [1.165, 1.54) is 0 Å². The van der Waals surface area contributed by atoms with Crippen LogP contribution in [0.3, 0.4) is 0 Å². The van der Waals surface area contributed by atoms with Crippen LogP contribution < -0.4 is 5.32 Å². The maximum atomic E-state index is 11.7. The van der Waals surface area contributed by atoms with Crippen molar-refractivity contribution in [1.82, 2.24) is 4.98 Å². The first-order chi connectivity index (χ1) is 9.51. The zero-order valence-corrected chi connectivity index (χ0v) is 12.4. The number of benzene rings is 1. The van der Waals surface area contributed by atoms with Crippen LogP contribution in [0.25, 0.3) is 0 Å². The third-order valence-corrected chi connectivity index (χ3v) is 4.77. The van der Waals surface area contributed by atoms with E-state index in [9.17, 15) is 8.42 Å². The fourth-order valence-corrected chi connectivity index (χ4v) is 2.75. The molecular formula is C15H18N2O2S. The molecule has 0 aliphatic heterocycles. The van der Waals surface area contributed by atoms with E-state index in [1.807, 2.05) is 19.3 Å². The van der Waals surface area contributed by atoms with E-state index in [-0.39, 0.29) is 5.75 Å². The van der Waals surface area contributed by atoms with Gasteiger partial charge >= 0.3 is 0 Å². The van der Waals surface area contributed by atoms with Crippen LogP contribution in [-0.2, 0) is 16.4 Å². The van der Waals surface area contributed by atoms with E-state index in [0.717, 1.165) is 16.8 Å². The minimum Gasteiger partial charge on any atom is -0.381 e. The Morgan fingerprint density at radius 2 is 1.85 bits per heavy atom. The molecule has 0 spiro atoms. The molecule has 5 heteroatoms. The SMILES string of the molecule is CCS(=O)(=O)c1ccc(NCc2cncc(C)c2)cc1. The Labute approximate surface area is 119 Å². The Balaban J connectivity index is 2.05. The van der Waals surface area contributed by atoms with Crippen LogP contribution in [0, 0.1) is 6.92 Å². The molecule has 0 saturated carbocycles. The van der Waals surface area contributed by atoms with Gasteiger partial charge in [0.25, 0.3) is 0 Å². The third kappa shape index (κ3) is 3.57. The molecule has 2 rings (SSSR count). The average molecular weight is 290 g/mol. The highest BCUT2D eigenvalue weighted by atomic mass is 32.2. The van der Waals surface area contributed by atoms with Crippen molar-refractivity contribution in [2.75, 3.05) is 11.1 Å². The van der Waals surface area contributed by atoms with Crippen LogP contribution in [0.5, 0.6) is 0 Å². The molecule has 1 N–H and O–H groups in total. The molecule has 0 aliphatic carbocycles. The van der Waals surface area contributed by atoms with Gasteiger partial charge in [-0.2, -0.15) is 0 Å². The monoisotopic (exact) mass is 290 g/mol. The summed E-state index contributed by atoms with van der Waals surface area (Å²) in [7, 11) is -3.13. The largest absolute Gasteiger partial charge is 0.381 e. The van der Waals surface area contributed by atoms with Crippen molar-refractivity contribution in [3.05, 3.63) is 53.9 Å². The molecule has 0 saturated heterocycles. The highest BCUT2D eigenvalue weighted by Gasteiger charge is 2.10. The Kier molecular flexibility index (Phi) is 4.39. The van der Waals surface area contributed by atoms with Crippen LogP contribution in [0.2, 0.25) is 0 Å². The zero-order valence-electron chi connectivity index (χ0n) is 11.6. The number of anilines is 1. The summed E-state index contributed by atoms with van der Waals surface area (Å²) in [4.78, 5) is 4.50. The van der Waals surface area contributed by atoms with Gasteiger partial charge in [-0.3, -0.25) is 4.98 Å². The van der Waals surface area contributed by atoms with Gasteiger partial charge in [0.1, 0.15) is 0 Å². The lowest BCUT2D eigenvalue weighted by atomic mass is 10.2. The smallest absolute Gasteiger partial charge is 0.178 e. The molecule has 2 aromatic rings. The summed E-state index contributed by atoms with van der Waals surface area (Å²) in [5.41, 5.74) is 3.10. The van der Waals surface area contributed by atoms with Crippen molar-refractivity contribution in [3.63, 3.8) is 0 Å². The van der Waals surface area contributed by atoms with E-state index in [4.69, 9.17) is 0 Å². The van der Waals surface area contributed by atoms with Gasteiger partial charge in [0.15, 0.2) is 9.84 Å². The van der Waals surface area contributed by atoms with Crippen molar-refractivity contribution in [1.29, 1.82) is 0 Å². The highest BCUT2D eigenvalue weighted by molar-refractivity contribution is 7.91. The molecule has 0 fully saturated rings. The predicted octanol–water partition coefficient (Wildman–Crippen LogP) is 2.80. The normalized spacial score (nSPS) is 11.3. The fourth-order valence-electron chi connectivity index (χ4n) is 1.87. The van der Waals surface area contributed by atoms with Gasteiger partial charge in [-0.25, -0.2) is 8.42 Å². The quantitative estimate of drug-likeness (QED) is 0.920. The third-order valence-electron chi connectivity index (χ3n) is 3.02. The first-order valence-corrected chi connectivity index (χ1v) is 8.14. The summed E-state index contributed by atoms with van der Waals surface area (Å²) in [6, 6.07) is 8.90. The van der Waals surface area contributed by atoms with Crippen LogP contribution in [0.15, 0.2) is 47.6 Å². The lowest BCUT2D eigenvalue weighted by molar-refractivity contribution is 0.597. The maximum Gasteiger partial charge on any atom is 0.178 e. The van der Waals surface area contributed by atoms with Crippen LogP contribution in [-0.4, -0.2) is 19.2 Å². The Morgan fingerprint density at radius 1 is 1.15 bits per heavy atom. The summed E-state index contributed by atoms with van der Waals surface area (Å²) in [5.74, 6) is 0.120. The van der Waals surface area contributed by atoms with Crippen molar-refractivity contribution in [3.8, 4) is 0 Å². The minimum atomic E-state index is -3.13. The van der Waals surface area contributed by atoms with Crippen LogP contribution in [0.4, 0.5) is 5.69 Å². The molecule has 20 heavy (non-hydrogen) atoms. The molecule has 1 aromatic carbocycles. The van der Waals surface area contributed by atoms with Crippen molar-refractivity contribution >= 4 is 15.5 Å². The Bertz CT molecular complexity index is 679. The second kappa shape index (κ2) is 6.05. The lowest BCUT2D eigenvalue weighted by Crippen LogP contribution is -2.04. The molecule has 0 bridgehead atoms. The molecule has 0 amide bonds. The minimum absolute atomic E-state index is 0.120. The van der Waals surface area contributed by atoms with Crippen molar-refractivity contribution in [2.24, 2.45) is 0 Å². The summed E-state index contributed by atoms with van der Waals surface area (Å²) >= 11 is 0. The fraction of sp³-hybridized carbons (Fsp3) is 0.267. The number of rotatable bonds is 5. The molecule has 106 valence electrons. The van der Waals surface area contributed by atoms with Gasteiger partial charge in [0.05, 0.1) is 10.6 Å². The molecule has 4 nitrogen and oxygen atoms in total. The van der Waals surface area contributed by atoms with Crippen molar-refractivity contribution in [2.45, 2.75) is 25.3 Å². The number of nitrogens with zero attached hydrogens (tertiary/aromatic N) is 1. The highest BCUT2D eigenvalue weighted by Crippen LogP contribution is 2.16. The lowest BCUT2D eigenvalue weighted by Gasteiger charge is -2.08. The second-order valence-electron chi connectivity index (χ2n) is 4.65. The van der Waals surface area contributed by atoms with E-state index in [0.29, 0.717) is 11.4 Å². The molecule has 0 radical (unpaired) electrons. The van der Waals surface area contributed by atoms with E-state index in [1.54, 1.807) is 31.2 Å². The van der Waals surface area contributed by atoms with Crippen molar-refractivity contribution < 1.29 is 8.42 Å². The predicted molar refractivity (Wildman–Crippen MR) is 80.5 cm³/mol. The standard InChI is InChI=1S/C15H18N2O2S/c1-3-20(18,19)15-6-4-14(5-7-15)17-11-13-8-12(2)9-16-10-13/h4-10,17H,3,11H2,1-2H3. The molecule has 1 aromatic heterocycles. The first kappa shape index (κ1) is 14.5. The average Bonchev–Trinajstić information content (AvgIpc) is 2.46. The molecule has 1 heterocycles. The van der Waals surface area contributed by atoms with Crippen LogP contribution >= 0.6 is 0 Å². The summed E-state index contributed by atoms with van der Waals surface area (Å²) in [6.45, 7) is 4.31. The van der Waals surface area contributed by atoms with Gasteiger partial charge < -0.3 is 5.32 Å². The molecule has 0 atom stereocenters. The number of nitrogens with one attached hydrogen (secondary N) is 1. The Hall–Kier alpha value is -1.88. The topological polar surface area (TPSA) is 59.1 Å². The number of aryl methyl sites for hydroxylation is 1. The summed E-state index contributed by atoms with van der Waals surface area (Å²) in [6.07, 6.45) is 3.63. The van der Waals surface area contributed by atoms with Crippen LogP contribution in [0.1, 0.15) is 18.1 Å². The molecule has 0 unspecified atom stereocenters. The maximum absolute atomic E-state index is 11.7. The number of pyridine rings is 1. The molecule has 0 aliphatic rings. The molecular weight excluding hydrogens is 272 g/mol. The van der Waals surface area contributed by atoms with E-state index >= 15 is 0 Å². The number of hydrogen-bond donors (Lipinski definition) is 1. The summed E-state index contributed by atoms with van der Waals surface area (Å²) < 4.78 is 23.4.